The molecule has 2 bridgehead atoms. The van der Waals surface area contributed by atoms with Crippen molar-refractivity contribution in [3.63, 3.8) is 0 Å². The topological polar surface area (TPSA) is 104 Å². The van der Waals surface area contributed by atoms with E-state index in [-0.39, 0.29) is 47.4 Å². The minimum Gasteiger partial charge on any atom is -0.491 e. The van der Waals surface area contributed by atoms with Gasteiger partial charge in [0.05, 0.1) is 17.3 Å². The predicted molar refractivity (Wildman–Crippen MR) is 153 cm³/mol. The molecule has 14 heteroatoms. The van der Waals surface area contributed by atoms with Crippen LogP contribution >= 0.6 is 11.6 Å². The van der Waals surface area contributed by atoms with Crippen LogP contribution in [0, 0.1) is 0 Å². The van der Waals surface area contributed by atoms with E-state index in [0.29, 0.717) is 36.7 Å². The first-order valence-electron chi connectivity index (χ1n) is 14.2. The van der Waals surface area contributed by atoms with E-state index in [2.05, 4.69) is 10.2 Å². The highest BCUT2D eigenvalue weighted by Crippen LogP contribution is 2.36. The minimum atomic E-state index is -4.57. The number of aromatic nitrogens is 3. The highest BCUT2D eigenvalue weighted by Gasteiger charge is 2.40. The second-order valence-corrected chi connectivity index (χ2v) is 11.7. The highest BCUT2D eigenvalue weighted by atomic mass is 35.5. The maximum atomic E-state index is 14.0. The summed E-state index contributed by atoms with van der Waals surface area (Å²) >= 11 is 6.25. The summed E-state index contributed by atoms with van der Waals surface area (Å²) in [4.78, 5) is 24.6. The van der Waals surface area contributed by atoms with Crippen molar-refractivity contribution < 1.29 is 22.7 Å². The summed E-state index contributed by atoms with van der Waals surface area (Å²) in [6.45, 7) is 1.48. The summed E-state index contributed by atoms with van der Waals surface area (Å²) < 4.78 is 49.5. The molecule has 42 heavy (non-hydrogen) atoms. The van der Waals surface area contributed by atoms with E-state index in [1.165, 1.54) is 18.2 Å². The fraction of sp³-hybridized carbons (Fsp3) is 0.536. The van der Waals surface area contributed by atoms with E-state index in [4.69, 9.17) is 32.2 Å². The molecule has 226 valence electrons. The molecule has 3 N–H and O–H groups in total. The minimum absolute atomic E-state index is 0.0225. The number of hydrogen-bond donors (Lipinski definition) is 2. The van der Waals surface area contributed by atoms with Crippen LogP contribution in [0.5, 0.6) is 5.75 Å². The van der Waals surface area contributed by atoms with E-state index in [1.807, 2.05) is 24.1 Å². The summed E-state index contributed by atoms with van der Waals surface area (Å²) in [6.07, 6.45) is -1.35. The second-order valence-electron chi connectivity index (χ2n) is 11.2. The summed E-state index contributed by atoms with van der Waals surface area (Å²) in [6, 6.07) is 5.96. The molecule has 0 saturated carbocycles. The number of ether oxygens (including phenoxy) is 1. The number of piperidine rings is 1. The van der Waals surface area contributed by atoms with Crippen LogP contribution in [0.3, 0.4) is 0 Å². The average Bonchev–Trinajstić information content (AvgIpc) is 3.59. The van der Waals surface area contributed by atoms with Gasteiger partial charge in [0, 0.05) is 63.0 Å². The monoisotopic (exact) mass is 606 g/mol. The van der Waals surface area contributed by atoms with Crippen LogP contribution in [0.1, 0.15) is 47.8 Å². The number of nitrogens with zero attached hydrogens (tertiary/aromatic N) is 6. The van der Waals surface area contributed by atoms with Gasteiger partial charge in [-0.2, -0.15) is 22.8 Å². The fourth-order valence-electron chi connectivity index (χ4n) is 5.95. The highest BCUT2D eigenvalue weighted by molar-refractivity contribution is 6.31. The molecule has 5 heterocycles. The van der Waals surface area contributed by atoms with Crippen LogP contribution in [0.25, 0.3) is 5.65 Å². The second kappa shape index (κ2) is 11.4. The Bertz CT molecular complexity index is 1470. The van der Waals surface area contributed by atoms with Gasteiger partial charge in [-0.3, -0.25) is 4.79 Å². The quantitative estimate of drug-likeness (QED) is 0.433. The zero-order chi connectivity index (χ0) is 29.6. The molecule has 3 aliphatic rings. The Morgan fingerprint density at radius 3 is 2.71 bits per heavy atom. The summed E-state index contributed by atoms with van der Waals surface area (Å²) in [5.41, 5.74) is 7.59. The molecule has 2 fully saturated rings. The Kier molecular flexibility index (Phi) is 7.83. The van der Waals surface area contributed by atoms with Crippen LogP contribution < -0.4 is 25.6 Å². The zero-order valence-corrected chi connectivity index (χ0v) is 24.0. The lowest BCUT2D eigenvalue weighted by atomic mass is 9.98. The Morgan fingerprint density at radius 1 is 1.12 bits per heavy atom. The van der Waals surface area contributed by atoms with Crippen LogP contribution in [0.2, 0.25) is 5.02 Å². The average molecular weight is 607 g/mol. The van der Waals surface area contributed by atoms with Gasteiger partial charge in [0.25, 0.3) is 5.91 Å². The smallest absolute Gasteiger partial charge is 0.407 e. The summed E-state index contributed by atoms with van der Waals surface area (Å²) in [5.74, 6) is 1.11. The van der Waals surface area contributed by atoms with Gasteiger partial charge in [-0.15, -0.1) is 0 Å². The first-order valence-corrected chi connectivity index (χ1v) is 14.6. The number of rotatable bonds is 1. The fourth-order valence-corrected chi connectivity index (χ4v) is 6.12. The molecule has 3 aromatic rings. The molecule has 1 amide bonds. The number of halogens is 4. The van der Waals surface area contributed by atoms with Gasteiger partial charge in [-0.05, 0) is 43.9 Å². The third kappa shape index (κ3) is 5.69. The standard InChI is InChI=1S/C28H34ClF3N8O2/c1-37-11-8-34-23(28(30,31)32)16-42-22-6-5-17(29)12-19(22)27(41)39-9-3-2-4-21(39)20-13-25-35-24(14-26(37)40(25)36-20)38-10-7-18(33)15-38/h5-6,12-14,18,21,23,34H,2-4,7-11,15-16,33H2,1H3/t18-,21?,23?/m0/s1. The van der Waals surface area contributed by atoms with Gasteiger partial charge in [-0.25, -0.2) is 4.98 Å². The molecule has 3 atom stereocenters. The number of nitrogens with one attached hydrogen (secondary N) is 1. The van der Waals surface area contributed by atoms with Crippen LogP contribution in [-0.2, 0) is 0 Å². The maximum absolute atomic E-state index is 14.0. The van der Waals surface area contributed by atoms with Crippen LogP contribution in [-0.4, -0.2) is 90.0 Å². The number of hydrogen-bond acceptors (Lipinski definition) is 8. The Labute approximate surface area is 246 Å². The van der Waals surface area contributed by atoms with Gasteiger partial charge in [0.15, 0.2) is 5.65 Å². The lowest BCUT2D eigenvalue weighted by molar-refractivity contribution is -0.161. The summed E-state index contributed by atoms with van der Waals surface area (Å²) in [5, 5.41) is 7.80. The molecule has 3 aliphatic heterocycles. The molecule has 10 nitrogen and oxygen atoms in total. The molecular formula is C28H34ClF3N8O2. The molecule has 6 rings (SSSR count). The van der Waals surface area contributed by atoms with E-state index >= 15 is 0 Å². The Hall–Kier alpha value is -3.29. The van der Waals surface area contributed by atoms with E-state index in [1.54, 1.807) is 9.42 Å². The van der Waals surface area contributed by atoms with Crippen molar-refractivity contribution in [2.24, 2.45) is 5.73 Å². The normalized spacial score (nSPS) is 24.2. The van der Waals surface area contributed by atoms with Crippen molar-refractivity contribution in [2.45, 2.75) is 50.0 Å². The lowest BCUT2D eigenvalue weighted by Gasteiger charge is -2.35. The SMILES string of the molecule is CN1CCNC(C(F)(F)F)COc2ccc(Cl)cc2C(=O)N2CCCCC2c2cc3nc(N4CC[C@H](N)C4)cc1n3n2. The largest absolute Gasteiger partial charge is 0.491 e. The number of carbonyl (C=O) groups is 1. The Morgan fingerprint density at radius 2 is 1.95 bits per heavy atom. The van der Waals surface area contributed by atoms with E-state index < -0.39 is 18.8 Å². The first kappa shape index (κ1) is 28.8. The number of likely N-dealkylation sites (N-methyl/N-ethyl adjacent to an activating group) is 1. The molecule has 1 aromatic carbocycles. The molecule has 2 saturated heterocycles. The summed E-state index contributed by atoms with van der Waals surface area (Å²) in [7, 11) is 1.82. The van der Waals surface area contributed by atoms with Crippen molar-refractivity contribution in [1.82, 2.24) is 24.8 Å². The van der Waals surface area contributed by atoms with Crippen LogP contribution in [0.4, 0.5) is 24.8 Å². The number of fused-ring (bicyclic) bond motifs is 4. The lowest BCUT2D eigenvalue weighted by Crippen LogP contribution is -2.48. The van der Waals surface area contributed by atoms with Gasteiger partial charge < -0.3 is 30.5 Å². The van der Waals surface area contributed by atoms with Gasteiger partial charge in [0.1, 0.15) is 30.0 Å². The molecule has 0 spiro atoms. The number of nitrogens with two attached hydrogens (primary N) is 1. The predicted octanol–water partition coefficient (Wildman–Crippen LogP) is 3.64. The van der Waals surface area contributed by atoms with Crippen molar-refractivity contribution >= 4 is 34.8 Å². The van der Waals surface area contributed by atoms with E-state index in [0.717, 1.165) is 31.6 Å². The van der Waals surface area contributed by atoms with Crippen LogP contribution in [0.15, 0.2) is 30.3 Å². The number of alkyl halides is 3. The van der Waals surface area contributed by atoms with Crippen molar-refractivity contribution in [3.05, 3.63) is 46.6 Å². The zero-order valence-electron chi connectivity index (χ0n) is 23.3. The van der Waals surface area contributed by atoms with E-state index in [9.17, 15) is 18.0 Å². The third-order valence-corrected chi connectivity index (χ3v) is 8.50. The third-order valence-electron chi connectivity index (χ3n) is 8.27. The number of carbonyl (C=O) groups excluding carboxylic acids is 1. The number of amides is 1. The number of anilines is 2. The van der Waals surface area contributed by atoms with Crippen molar-refractivity contribution in [2.75, 3.05) is 56.2 Å². The molecular weight excluding hydrogens is 573 g/mol. The van der Waals surface area contributed by atoms with Gasteiger partial charge >= 0.3 is 6.18 Å². The van der Waals surface area contributed by atoms with Gasteiger partial charge in [0.2, 0.25) is 0 Å². The van der Waals surface area contributed by atoms with Crippen molar-refractivity contribution in [1.29, 1.82) is 0 Å². The molecule has 0 aliphatic carbocycles. The molecule has 2 unspecified atom stereocenters. The number of benzene rings is 1. The first-order chi connectivity index (χ1) is 20.1. The molecule has 2 aromatic heterocycles. The Balaban J connectivity index is 1.47. The maximum Gasteiger partial charge on any atom is 0.407 e. The molecule has 0 radical (unpaired) electrons. The van der Waals surface area contributed by atoms with Gasteiger partial charge in [-0.1, -0.05) is 11.6 Å². The van der Waals surface area contributed by atoms with Crippen molar-refractivity contribution in [3.8, 4) is 5.75 Å².